The molecule has 7 heteroatoms. The van der Waals surface area contributed by atoms with E-state index in [-0.39, 0.29) is 6.04 Å². The summed E-state index contributed by atoms with van der Waals surface area (Å²) in [4.78, 5) is 27.2. The van der Waals surface area contributed by atoms with E-state index >= 15 is 0 Å². The molecule has 3 heterocycles. The molecule has 2 unspecified atom stereocenters. The van der Waals surface area contributed by atoms with Crippen LogP contribution in [0, 0.1) is 5.41 Å². The number of anilines is 2. The zero-order valence-corrected chi connectivity index (χ0v) is 14.1. The van der Waals surface area contributed by atoms with Crippen LogP contribution in [0.3, 0.4) is 0 Å². The number of rotatable bonds is 3. The zero-order valence-electron chi connectivity index (χ0n) is 14.1. The fourth-order valence-electron chi connectivity index (χ4n) is 4.00. The van der Waals surface area contributed by atoms with Gasteiger partial charge in [0.25, 0.3) is 0 Å². The van der Waals surface area contributed by atoms with Crippen molar-refractivity contribution in [1.82, 2.24) is 14.9 Å². The van der Waals surface area contributed by atoms with Crippen LogP contribution in [0.15, 0.2) is 12.3 Å². The molecule has 3 rings (SSSR count). The SMILES string of the molecule is CN(C)c1ccnc(N2CCC3N(C)CCCC3(C(=O)O)C2)n1. The maximum Gasteiger partial charge on any atom is 0.313 e. The Hall–Kier alpha value is -1.89. The minimum atomic E-state index is -0.720. The Morgan fingerprint density at radius 2 is 2.22 bits per heavy atom. The molecular weight excluding hydrogens is 294 g/mol. The predicted molar refractivity (Wildman–Crippen MR) is 88.9 cm³/mol. The molecule has 2 fully saturated rings. The van der Waals surface area contributed by atoms with E-state index < -0.39 is 11.4 Å². The quantitative estimate of drug-likeness (QED) is 0.888. The van der Waals surface area contributed by atoms with Gasteiger partial charge in [-0.25, -0.2) is 4.98 Å². The molecule has 1 N–H and O–H groups in total. The van der Waals surface area contributed by atoms with Gasteiger partial charge in [-0.05, 0) is 38.9 Å². The van der Waals surface area contributed by atoms with Crippen LogP contribution < -0.4 is 9.80 Å². The Morgan fingerprint density at radius 1 is 1.43 bits per heavy atom. The van der Waals surface area contributed by atoms with Crippen LogP contribution in [0.1, 0.15) is 19.3 Å². The van der Waals surface area contributed by atoms with Gasteiger partial charge in [-0.3, -0.25) is 4.79 Å². The number of nitrogens with zero attached hydrogens (tertiary/aromatic N) is 5. The third-order valence-corrected chi connectivity index (χ3v) is 5.24. The lowest BCUT2D eigenvalue weighted by molar-refractivity contribution is -0.157. The van der Waals surface area contributed by atoms with Gasteiger partial charge in [0.2, 0.25) is 5.95 Å². The maximum absolute atomic E-state index is 12.1. The smallest absolute Gasteiger partial charge is 0.313 e. The number of piperidine rings is 2. The first-order valence-electron chi connectivity index (χ1n) is 8.13. The normalized spacial score (nSPS) is 28.3. The molecular formula is C16H25N5O2. The lowest BCUT2D eigenvalue weighted by atomic mass is 9.69. The first-order valence-corrected chi connectivity index (χ1v) is 8.13. The van der Waals surface area contributed by atoms with Crippen molar-refractivity contribution in [2.75, 3.05) is 50.6 Å². The molecule has 0 aromatic carbocycles. The molecule has 1 aromatic rings. The number of aliphatic carboxylic acids is 1. The number of likely N-dealkylation sites (tertiary alicyclic amines) is 1. The third kappa shape index (κ3) is 2.73. The molecule has 0 radical (unpaired) electrons. The summed E-state index contributed by atoms with van der Waals surface area (Å²) in [6.07, 6.45) is 4.22. The monoisotopic (exact) mass is 319 g/mol. The molecule has 2 aliphatic rings. The van der Waals surface area contributed by atoms with E-state index in [1.165, 1.54) is 0 Å². The topological polar surface area (TPSA) is 72.8 Å². The van der Waals surface area contributed by atoms with Gasteiger partial charge < -0.3 is 19.8 Å². The number of aromatic nitrogens is 2. The molecule has 0 spiro atoms. The molecule has 2 aliphatic heterocycles. The van der Waals surface area contributed by atoms with Crippen molar-refractivity contribution < 1.29 is 9.90 Å². The summed E-state index contributed by atoms with van der Waals surface area (Å²) < 4.78 is 0. The van der Waals surface area contributed by atoms with E-state index in [0.717, 1.165) is 38.2 Å². The summed E-state index contributed by atoms with van der Waals surface area (Å²) in [5, 5.41) is 9.95. The molecule has 0 saturated carbocycles. The molecule has 2 atom stereocenters. The predicted octanol–water partition coefficient (Wildman–Crippen LogP) is 0.918. The lowest BCUT2D eigenvalue weighted by Crippen LogP contribution is -2.63. The van der Waals surface area contributed by atoms with Crippen molar-refractivity contribution in [3.63, 3.8) is 0 Å². The maximum atomic E-state index is 12.1. The molecule has 0 bridgehead atoms. The summed E-state index contributed by atoms with van der Waals surface area (Å²) in [6.45, 7) is 2.25. The van der Waals surface area contributed by atoms with Crippen LogP contribution in [0.4, 0.5) is 11.8 Å². The number of carbonyl (C=O) groups is 1. The van der Waals surface area contributed by atoms with Crippen LogP contribution in [-0.2, 0) is 4.79 Å². The molecule has 2 saturated heterocycles. The van der Waals surface area contributed by atoms with Gasteiger partial charge in [-0.15, -0.1) is 0 Å². The van der Waals surface area contributed by atoms with Gasteiger partial charge in [0, 0.05) is 39.4 Å². The Labute approximate surface area is 136 Å². The van der Waals surface area contributed by atoms with Gasteiger partial charge in [-0.1, -0.05) is 0 Å². The van der Waals surface area contributed by atoms with Crippen molar-refractivity contribution in [2.45, 2.75) is 25.3 Å². The Balaban J connectivity index is 1.89. The average molecular weight is 319 g/mol. The van der Waals surface area contributed by atoms with Gasteiger partial charge in [0.15, 0.2) is 0 Å². The highest BCUT2D eigenvalue weighted by Crippen LogP contribution is 2.42. The summed E-state index contributed by atoms with van der Waals surface area (Å²) >= 11 is 0. The number of fused-ring (bicyclic) bond motifs is 1. The van der Waals surface area contributed by atoms with Gasteiger partial charge in [0.1, 0.15) is 11.2 Å². The van der Waals surface area contributed by atoms with Crippen LogP contribution in [0.5, 0.6) is 0 Å². The number of carboxylic acid groups (broad SMARTS) is 1. The Morgan fingerprint density at radius 3 is 2.91 bits per heavy atom. The van der Waals surface area contributed by atoms with E-state index in [1.807, 2.05) is 37.0 Å². The van der Waals surface area contributed by atoms with Crippen LogP contribution >= 0.6 is 0 Å². The number of hydrogen-bond acceptors (Lipinski definition) is 6. The number of carboxylic acids is 1. The summed E-state index contributed by atoms with van der Waals surface area (Å²) in [5.74, 6) is 0.772. The Bertz CT molecular complexity index is 594. The molecule has 0 amide bonds. The first-order chi connectivity index (χ1) is 10.9. The largest absolute Gasteiger partial charge is 0.481 e. The van der Waals surface area contributed by atoms with E-state index in [1.54, 1.807) is 6.20 Å². The molecule has 23 heavy (non-hydrogen) atoms. The highest BCUT2D eigenvalue weighted by Gasteiger charge is 2.53. The van der Waals surface area contributed by atoms with Crippen molar-refractivity contribution in [3.8, 4) is 0 Å². The van der Waals surface area contributed by atoms with E-state index in [0.29, 0.717) is 12.5 Å². The van der Waals surface area contributed by atoms with Crippen molar-refractivity contribution in [3.05, 3.63) is 12.3 Å². The fraction of sp³-hybridized carbons (Fsp3) is 0.688. The van der Waals surface area contributed by atoms with E-state index in [9.17, 15) is 9.90 Å². The van der Waals surface area contributed by atoms with Gasteiger partial charge in [-0.2, -0.15) is 4.98 Å². The number of hydrogen-bond donors (Lipinski definition) is 1. The first kappa shape index (κ1) is 16.0. The zero-order chi connectivity index (χ0) is 16.6. The van der Waals surface area contributed by atoms with E-state index in [2.05, 4.69) is 14.9 Å². The van der Waals surface area contributed by atoms with Crippen molar-refractivity contribution in [1.29, 1.82) is 0 Å². The van der Waals surface area contributed by atoms with Crippen LogP contribution in [-0.4, -0.2) is 72.8 Å². The highest BCUT2D eigenvalue weighted by atomic mass is 16.4. The van der Waals surface area contributed by atoms with Gasteiger partial charge >= 0.3 is 5.97 Å². The molecule has 7 nitrogen and oxygen atoms in total. The van der Waals surface area contributed by atoms with E-state index in [4.69, 9.17) is 0 Å². The minimum Gasteiger partial charge on any atom is -0.481 e. The second-order valence-electron chi connectivity index (χ2n) is 6.88. The van der Waals surface area contributed by atoms with Crippen molar-refractivity contribution >= 4 is 17.7 Å². The second kappa shape index (κ2) is 5.96. The van der Waals surface area contributed by atoms with Gasteiger partial charge in [0.05, 0.1) is 0 Å². The van der Waals surface area contributed by atoms with Crippen LogP contribution in [0.25, 0.3) is 0 Å². The summed E-state index contributed by atoms with van der Waals surface area (Å²) in [6, 6.07) is 1.96. The van der Waals surface area contributed by atoms with Crippen LogP contribution in [0.2, 0.25) is 0 Å². The molecule has 1 aromatic heterocycles. The third-order valence-electron chi connectivity index (χ3n) is 5.24. The highest BCUT2D eigenvalue weighted by molar-refractivity contribution is 5.77. The van der Waals surface area contributed by atoms with Crippen molar-refractivity contribution in [2.24, 2.45) is 5.41 Å². The Kier molecular flexibility index (Phi) is 4.14. The lowest BCUT2D eigenvalue weighted by Gasteiger charge is -2.51. The minimum absolute atomic E-state index is 0.0991. The standard InChI is InChI=1S/C16H25N5O2/c1-19(2)13-5-8-17-15(18-13)21-10-6-12-16(11-21,14(22)23)7-4-9-20(12)3/h5,8,12H,4,6-7,9-11H2,1-3H3,(H,22,23). The summed E-state index contributed by atoms with van der Waals surface area (Å²) in [7, 11) is 5.92. The fourth-order valence-corrected chi connectivity index (χ4v) is 4.00. The average Bonchev–Trinajstić information content (AvgIpc) is 2.54. The molecule has 126 valence electrons. The molecule has 0 aliphatic carbocycles. The second-order valence-corrected chi connectivity index (χ2v) is 6.88. The summed E-state index contributed by atoms with van der Waals surface area (Å²) in [5.41, 5.74) is -0.720.